The summed E-state index contributed by atoms with van der Waals surface area (Å²) in [7, 11) is 0. The molecule has 5 fully saturated rings. The van der Waals surface area contributed by atoms with E-state index in [1.54, 1.807) is 12.4 Å². The highest BCUT2D eigenvalue weighted by molar-refractivity contribution is 5.70. The van der Waals surface area contributed by atoms with Crippen molar-refractivity contribution < 1.29 is 14.6 Å². The van der Waals surface area contributed by atoms with Crippen molar-refractivity contribution in [3.8, 4) is 0 Å². The molecule has 1 aromatic rings. The molecular weight excluding hydrogens is 484 g/mol. The highest BCUT2D eigenvalue weighted by Crippen LogP contribution is 2.77. The first-order chi connectivity index (χ1) is 18.3. The van der Waals surface area contributed by atoms with E-state index in [2.05, 4.69) is 53.1 Å². The van der Waals surface area contributed by atoms with Crippen LogP contribution in [0.2, 0.25) is 0 Å². The van der Waals surface area contributed by atoms with Crippen LogP contribution < -0.4 is 0 Å². The van der Waals surface area contributed by atoms with Crippen LogP contribution in [0.5, 0.6) is 0 Å². The van der Waals surface area contributed by atoms with E-state index in [9.17, 15) is 9.90 Å². The Hall–Kier alpha value is -1.62. The quantitative estimate of drug-likeness (QED) is 0.399. The highest BCUT2D eigenvalue weighted by Gasteiger charge is 2.71. The van der Waals surface area contributed by atoms with Gasteiger partial charge in [-0.3, -0.25) is 0 Å². The molecule has 1 N–H and O–H groups in total. The number of rotatable bonds is 3. The summed E-state index contributed by atoms with van der Waals surface area (Å²) in [5, 5.41) is 10.8. The van der Waals surface area contributed by atoms with Crippen LogP contribution in [0.1, 0.15) is 106 Å². The van der Waals surface area contributed by atoms with Crippen molar-refractivity contribution in [3.05, 3.63) is 30.9 Å². The summed E-state index contributed by atoms with van der Waals surface area (Å²) >= 11 is 0. The Labute approximate surface area is 236 Å². The number of ether oxygens (including phenoxy) is 1. The Morgan fingerprint density at radius 3 is 2.41 bits per heavy atom. The van der Waals surface area contributed by atoms with Crippen molar-refractivity contribution >= 4 is 6.09 Å². The van der Waals surface area contributed by atoms with E-state index in [1.165, 1.54) is 67.8 Å². The largest absolute Gasteiger partial charge is 0.445 e. The lowest BCUT2D eigenvalue weighted by Crippen LogP contribution is -2.67. The third kappa shape index (κ3) is 3.59. The molecule has 0 aliphatic heterocycles. The van der Waals surface area contributed by atoms with E-state index in [4.69, 9.17) is 4.74 Å². The summed E-state index contributed by atoms with van der Waals surface area (Å²) in [6.07, 6.45) is 16.4. The van der Waals surface area contributed by atoms with E-state index >= 15 is 0 Å². The monoisotopic (exact) mass is 536 g/mol. The standard InChI is InChI=1S/C34H52N2O3/c1-22(2)23-10-15-34(20-37)17-16-32(6)24(28(23)34)8-9-26-31(5)13-12-27(39-29(38)36-19-18-35-21-36)30(3,4)25(31)11-14-33(26,32)7/h18-19,21,23-28,37H,1,8-17,20H2,2-7H3/t23-,24?,25?,26?,27-,28?,31-,32+,33+,34+/m0/s1. The Balaban J connectivity index is 1.30. The molecule has 1 aromatic heterocycles. The highest BCUT2D eigenvalue weighted by atomic mass is 16.6. The van der Waals surface area contributed by atoms with E-state index in [0.717, 1.165) is 12.8 Å². The number of hydrogen-bond donors (Lipinski definition) is 1. The maximum absolute atomic E-state index is 12.9. The number of hydrogen-bond acceptors (Lipinski definition) is 4. The molecule has 39 heavy (non-hydrogen) atoms. The van der Waals surface area contributed by atoms with Crippen LogP contribution in [0.4, 0.5) is 4.79 Å². The second-order valence-electron chi connectivity index (χ2n) is 15.9. The van der Waals surface area contributed by atoms with Crippen LogP contribution in [-0.2, 0) is 4.74 Å². The maximum atomic E-state index is 12.9. The smallest absolute Gasteiger partial charge is 0.419 e. The molecule has 1 heterocycles. The predicted molar refractivity (Wildman–Crippen MR) is 154 cm³/mol. The molecule has 5 nitrogen and oxygen atoms in total. The summed E-state index contributed by atoms with van der Waals surface area (Å²) in [4.78, 5) is 16.9. The van der Waals surface area contributed by atoms with Crippen LogP contribution in [-0.4, -0.2) is 33.5 Å². The Morgan fingerprint density at radius 1 is 0.974 bits per heavy atom. The van der Waals surface area contributed by atoms with Crippen molar-refractivity contribution in [1.29, 1.82) is 0 Å². The number of aromatic nitrogens is 2. The van der Waals surface area contributed by atoms with Gasteiger partial charge in [0.1, 0.15) is 12.4 Å². The van der Waals surface area contributed by atoms with Crippen molar-refractivity contribution in [2.45, 2.75) is 112 Å². The van der Waals surface area contributed by atoms with Crippen LogP contribution in [0.15, 0.2) is 30.9 Å². The van der Waals surface area contributed by atoms with Gasteiger partial charge in [0.05, 0.1) is 0 Å². The fourth-order valence-electron chi connectivity index (χ4n) is 12.3. The molecule has 0 aromatic carbocycles. The molecule has 6 rings (SSSR count). The predicted octanol–water partition coefficient (Wildman–Crippen LogP) is 7.89. The van der Waals surface area contributed by atoms with Crippen molar-refractivity contribution in [1.82, 2.24) is 9.55 Å². The SMILES string of the molecule is C=C(C)[C@@H]1CC[C@]2(CO)CC[C@]3(C)C(CCC4[C@@]5(C)CC[C@H](OC(=O)n6ccnc6)C(C)(C)C5CC[C@]43C)C12. The minimum absolute atomic E-state index is 0.0720. The van der Waals surface area contributed by atoms with Crippen molar-refractivity contribution in [2.75, 3.05) is 6.61 Å². The van der Waals surface area contributed by atoms with Gasteiger partial charge >= 0.3 is 6.09 Å². The summed E-state index contributed by atoms with van der Waals surface area (Å²) < 4.78 is 7.63. The Bertz CT molecular complexity index is 1130. The van der Waals surface area contributed by atoms with Crippen molar-refractivity contribution in [2.24, 2.45) is 56.7 Å². The second kappa shape index (κ2) is 8.94. The van der Waals surface area contributed by atoms with Gasteiger partial charge in [0.25, 0.3) is 0 Å². The van der Waals surface area contributed by atoms with E-state index in [-0.39, 0.29) is 28.4 Å². The molecule has 0 amide bonds. The molecule has 0 spiro atoms. The van der Waals surface area contributed by atoms with Gasteiger partial charge in [-0.25, -0.2) is 14.3 Å². The molecule has 5 aliphatic rings. The minimum atomic E-state index is -0.305. The number of fused-ring (bicyclic) bond motifs is 7. The third-order valence-electron chi connectivity index (χ3n) is 14.5. The fourth-order valence-corrected chi connectivity index (χ4v) is 12.3. The number of nitrogens with zero attached hydrogens (tertiary/aromatic N) is 2. The van der Waals surface area contributed by atoms with Gasteiger partial charge in [0.2, 0.25) is 0 Å². The van der Waals surface area contributed by atoms with Gasteiger partial charge in [-0.1, -0.05) is 46.8 Å². The van der Waals surface area contributed by atoms with Crippen LogP contribution in [0.3, 0.4) is 0 Å². The molecule has 0 radical (unpaired) electrons. The lowest BCUT2D eigenvalue weighted by atomic mass is 9.32. The maximum Gasteiger partial charge on any atom is 0.419 e. The lowest BCUT2D eigenvalue weighted by Gasteiger charge is -2.73. The number of imidazole rings is 1. The van der Waals surface area contributed by atoms with Crippen LogP contribution in [0.25, 0.3) is 0 Å². The molecule has 5 saturated carbocycles. The number of carbonyl (C=O) groups excluding carboxylic acids is 1. The van der Waals surface area contributed by atoms with E-state index in [1.807, 2.05) is 0 Å². The average molecular weight is 537 g/mol. The number of carbonyl (C=O) groups is 1. The van der Waals surface area contributed by atoms with Gasteiger partial charge in [-0.2, -0.15) is 0 Å². The minimum Gasteiger partial charge on any atom is -0.445 e. The second-order valence-corrected chi connectivity index (χ2v) is 15.9. The zero-order valence-electron chi connectivity index (χ0n) is 25.3. The van der Waals surface area contributed by atoms with Gasteiger partial charge in [-0.15, -0.1) is 0 Å². The first-order valence-electron chi connectivity index (χ1n) is 15.8. The number of allylic oxidation sites excluding steroid dienone is 1. The fraction of sp³-hybridized carbons (Fsp3) is 0.824. The molecule has 216 valence electrons. The molecule has 0 bridgehead atoms. The lowest BCUT2D eigenvalue weighted by molar-refractivity contribution is -0.249. The normalized spacial score (nSPS) is 48.3. The summed E-state index contributed by atoms with van der Waals surface area (Å²) in [5.74, 6) is 3.03. The van der Waals surface area contributed by atoms with Gasteiger partial charge in [0.15, 0.2) is 0 Å². The molecule has 5 aliphatic carbocycles. The van der Waals surface area contributed by atoms with Gasteiger partial charge in [0, 0.05) is 24.4 Å². The average Bonchev–Trinajstić information content (AvgIpc) is 3.55. The van der Waals surface area contributed by atoms with E-state index < -0.39 is 0 Å². The Kier molecular flexibility index (Phi) is 6.31. The molecule has 5 heteroatoms. The van der Waals surface area contributed by atoms with Crippen molar-refractivity contribution in [3.63, 3.8) is 0 Å². The summed E-state index contributed by atoms with van der Waals surface area (Å²) in [5.41, 5.74) is 2.21. The molecule has 10 atom stereocenters. The van der Waals surface area contributed by atoms with Crippen LogP contribution in [0, 0.1) is 56.7 Å². The topological polar surface area (TPSA) is 64.3 Å². The molecule has 4 unspecified atom stereocenters. The zero-order chi connectivity index (χ0) is 28.0. The van der Waals surface area contributed by atoms with Gasteiger partial charge < -0.3 is 9.84 Å². The first-order valence-corrected chi connectivity index (χ1v) is 15.8. The zero-order valence-corrected chi connectivity index (χ0v) is 25.3. The third-order valence-corrected chi connectivity index (χ3v) is 14.5. The Morgan fingerprint density at radius 2 is 1.74 bits per heavy atom. The molecular formula is C34H52N2O3. The van der Waals surface area contributed by atoms with Gasteiger partial charge in [-0.05, 0) is 122 Å². The van der Waals surface area contributed by atoms with E-state index in [0.29, 0.717) is 47.0 Å². The summed E-state index contributed by atoms with van der Waals surface area (Å²) in [6.45, 7) is 19.7. The number of aliphatic hydroxyl groups is 1. The number of aliphatic hydroxyl groups excluding tert-OH is 1. The summed E-state index contributed by atoms with van der Waals surface area (Å²) in [6, 6.07) is 0. The molecule has 0 saturated heterocycles. The van der Waals surface area contributed by atoms with Crippen LogP contribution >= 0.6 is 0 Å². The first kappa shape index (κ1) is 27.5.